The molecule has 0 aromatic carbocycles. The summed E-state index contributed by atoms with van der Waals surface area (Å²) in [6.07, 6.45) is 6.45. The van der Waals surface area contributed by atoms with Gasteiger partial charge in [-0.2, -0.15) is 0 Å². The van der Waals surface area contributed by atoms with Gasteiger partial charge in [-0.15, -0.1) is 0 Å². The van der Waals surface area contributed by atoms with Crippen LogP contribution in [0.3, 0.4) is 0 Å². The van der Waals surface area contributed by atoms with Crippen molar-refractivity contribution in [1.82, 2.24) is 9.97 Å². The van der Waals surface area contributed by atoms with E-state index in [0.717, 1.165) is 23.1 Å². The number of hydrogen-bond acceptors (Lipinski definition) is 3. The Morgan fingerprint density at radius 1 is 1.22 bits per heavy atom. The molecule has 0 saturated heterocycles. The Balaban J connectivity index is 1.80. The van der Waals surface area contributed by atoms with Gasteiger partial charge in [-0.25, -0.2) is 9.97 Å². The zero-order valence-electron chi connectivity index (χ0n) is 11.0. The number of halogens is 1. The molecule has 2 saturated carbocycles. The van der Waals surface area contributed by atoms with Gasteiger partial charge in [0, 0.05) is 17.5 Å². The molecule has 4 heteroatoms. The van der Waals surface area contributed by atoms with Crippen LogP contribution in [0.25, 0.3) is 0 Å². The number of hydrogen-bond donors (Lipinski definition) is 1. The maximum absolute atomic E-state index is 6.21. The SMILES string of the molecule is Cc1c(Cl)nc(C2CC2)nc1NC(C)C1CCC1. The number of nitrogens with zero attached hydrogens (tertiary/aromatic N) is 2. The lowest BCUT2D eigenvalue weighted by Gasteiger charge is -2.32. The third-order valence-corrected chi connectivity index (χ3v) is 4.64. The van der Waals surface area contributed by atoms with Gasteiger partial charge in [-0.1, -0.05) is 18.0 Å². The van der Waals surface area contributed by atoms with Crippen molar-refractivity contribution < 1.29 is 0 Å². The Morgan fingerprint density at radius 3 is 2.50 bits per heavy atom. The fourth-order valence-corrected chi connectivity index (χ4v) is 2.62. The fraction of sp³-hybridized carbons (Fsp3) is 0.714. The molecule has 1 atom stereocenters. The predicted octanol–water partition coefficient (Wildman–Crippen LogP) is 3.92. The van der Waals surface area contributed by atoms with Gasteiger partial charge >= 0.3 is 0 Å². The first-order valence-corrected chi connectivity index (χ1v) is 7.33. The quantitative estimate of drug-likeness (QED) is 0.839. The number of rotatable bonds is 4. The highest BCUT2D eigenvalue weighted by Crippen LogP contribution is 2.40. The van der Waals surface area contributed by atoms with Gasteiger partial charge < -0.3 is 5.32 Å². The van der Waals surface area contributed by atoms with Gasteiger partial charge in [0.1, 0.15) is 16.8 Å². The zero-order valence-corrected chi connectivity index (χ0v) is 11.8. The summed E-state index contributed by atoms with van der Waals surface area (Å²) in [4.78, 5) is 9.07. The van der Waals surface area contributed by atoms with Crippen molar-refractivity contribution in [2.24, 2.45) is 5.92 Å². The molecule has 1 unspecified atom stereocenters. The van der Waals surface area contributed by atoms with Crippen molar-refractivity contribution in [3.63, 3.8) is 0 Å². The van der Waals surface area contributed by atoms with E-state index < -0.39 is 0 Å². The van der Waals surface area contributed by atoms with Crippen LogP contribution in [0, 0.1) is 12.8 Å². The van der Waals surface area contributed by atoms with E-state index in [1.54, 1.807) is 0 Å². The predicted molar refractivity (Wildman–Crippen MR) is 74.2 cm³/mol. The Hall–Kier alpha value is -0.830. The molecular weight excluding hydrogens is 246 g/mol. The Kier molecular flexibility index (Phi) is 3.18. The third-order valence-electron chi connectivity index (χ3n) is 4.27. The topological polar surface area (TPSA) is 37.8 Å². The second kappa shape index (κ2) is 4.69. The van der Waals surface area contributed by atoms with E-state index in [1.165, 1.54) is 32.1 Å². The third kappa shape index (κ3) is 2.33. The summed E-state index contributed by atoms with van der Waals surface area (Å²) in [5.74, 6) is 3.20. The molecule has 0 bridgehead atoms. The van der Waals surface area contributed by atoms with Crippen molar-refractivity contribution in [3.8, 4) is 0 Å². The van der Waals surface area contributed by atoms with Crippen LogP contribution in [-0.4, -0.2) is 16.0 Å². The van der Waals surface area contributed by atoms with Crippen molar-refractivity contribution in [1.29, 1.82) is 0 Å². The lowest BCUT2D eigenvalue weighted by atomic mass is 9.80. The number of nitrogens with one attached hydrogen (secondary N) is 1. The summed E-state index contributed by atoms with van der Waals surface area (Å²) < 4.78 is 0. The molecule has 2 fully saturated rings. The van der Waals surface area contributed by atoms with Crippen molar-refractivity contribution in [3.05, 3.63) is 16.5 Å². The lowest BCUT2D eigenvalue weighted by Crippen LogP contribution is -2.31. The van der Waals surface area contributed by atoms with E-state index in [1.807, 2.05) is 6.92 Å². The molecule has 3 nitrogen and oxygen atoms in total. The average molecular weight is 266 g/mol. The second-order valence-electron chi connectivity index (χ2n) is 5.74. The van der Waals surface area contributed by atoms with Gasteiger partial charge in [-0.3, -0.25) is 0 Å². The molecule has 18 heavy (non-hydrogen) atoms. The summed E-state index contributed by atoms with van der Waals surface area (Å²) in [7, 11) is 0. The van der Waals surface area contributed by atoms with E-state index in [9.17, 15) is 0 Å². The van der Waals surface area contributed by atoms with Crippen molar-refractivity contribution >= 4 is 17.4 Å². The average Bonchev–Trinajstić information content (AvgIpc) is 3.05. The zero-order chi connectivity index (χ0) is 12.7. The van der Waals surface area contributed by atoms with Crippen LogP contribution in [0.1, 0.15) is 56.3 Å². The number of aromatic nitrogens is 2. The Labute approximate surface area is 113 Å². The molecule has 1 heterocycles. The fourth-order valence-electron chi connectivity index (χ4n) is 2.44. The highest BCUT2D eigenvalue weighted by molar-refractivity contribution is 6.30. The minimum atomic E-state index is 0.482. The first kappa shape index (κ1) is 12.2. The normalized spacial score (nSPS) is 21.5. The van der Waals surface area contributed by atoms with Gasteiger partial charge in [-0.05, 0) is 45.4 Å². The number of anilines is 1. The van der Waals surface area contributed by atoms with Crippen molar-refractivity contribution in [2.75, 3.05) is 5.32 Å². The summed E-state index contributed by atoms with van der Waals surface area (Å²) in [5, 5.41) is 4.15. The van der Waals surface area contributed by atoms with E-state index in [4.69, 9.17) is 11.6 Å². The van der Waals surface area contributed by atoms with Gasteiger partial charge in [0.15, 0.2) is 0 Å². The first-order chi connectivity index (χ1) is 8.65. The van der Waals surface area contributed by atoms with Gasteiger partial charge in [0.05, 0.1) is 0 Å². The smallest absolute Gasteiger partial charge is 0.137 e. The highest BCUT2D eigenvalue weighted by Gasteiger charge is 2.29. The summed E-state index contributed by atoms with van der Waals surface area (Å²) >= 11 is 6.21. The first-order valence-electron chi connectivity index (χ1n) is 6.95. The maximum Gasteiger partial charge on any atom is 0.137 e. The molecule has 2 aliphatic carbocycles. The molecule has 1 N–H and O–H groups in total. The van der Waals surface area contributed by atoms with Crippen LogP contribution >= 0.6 is 11.6 Å². The van der Waals surface area contributed by atoms with E-state index in [0.29, 0.717) is 17.1 Å². The molecule has 98 valence electrons. The summed E-state index contributed by atoms with van der Waals surface area (Å²) in [6.45, 7) is 4.24. The Morgan fingerprint density at radius 2 is 1.94 bits per heavy atom. The van der Waals surface area contributed by atoms with Crippen molar-refractivity contribution in [2.45, 2.75) is 57.9 Å². The van der Waals surface area contributed by atoms with Crippen LogP contribution in [-0.2, 0) is 0 Å². The van der Waals surface area contributed by atoms with E-state index in [-0.39, 0.29) is 0 Å². The standard InChI is InChI=1S/C14H20ClN3/c1-8-12(15)17-14(11-6-7-11)18-13(8)16-9(2)10-4-3-5-10/h9-11H,3-7H2,1-2H3,(H,16,17,18). The van der Waals surface area contributed by atoms with Crippen LogP contribution in [0.15, 0.2) is 0 Å². The minimum absolute atomic E-state index is 0.482. The summed E-state index contributed by atoms with van der Waals surface area (Å²) in [5.41, 5.74) is 0.979. The molecular formula is C14H20ClN3. The van der Waals surface area contributed by atoms with Crippen LogP contribution in [0.2, 0.25) is 5.15 Å². The van der Waals surface area contributed by atoms with E-state index in [2.05, 4.69) is 22.2 Å². The minimum Gasteiger partial charge on any atom is -0.367 e. The Bertz CT molecular complexity index is 453. The lowest BCUT2D eigenvalue weighted by molar-refractivity contribution is 0.285. The van der Waals surface area contributed by atoms with Gasteiger partial charge in [0.25, 0.3) is 0 Å². The molecule has 0 aliphatic heterocycles. The molecule has 2 aliphatic rings. The second-order valence-corrected chi connectivity index (χ2v) is 6.10. The molecule has 0 radical (unpaired) electrons. The molecule has 1 aromatic rings. The summed E-state index contributed by atoms with van der Waals surface area (Å²) in [6, 6.07) is 0.482. The van der Waals surface area contributed by atoms with Crippen LogP contribution in [0.5, 0.6) is 0 Å². The largest absolute Gasteiger partial charge is 0.367 e. The van der Waals surface area contributed by atoms with Gasteiger partial charge in [0.2, 0.25) is 0 Å². The highest BCUT2D eigenvalue weighted by atomic mass is 35.5. The van der Waals surface area contributed by atoms with Crippen LogP contribution < -0.4 is 5.32 Å². The monoisotopic (exact) mass is 265 g/mol. The molecule has 1 aromatic heterocycles. The van der Waals surface area contributed by atoms with Crippen LogP contribution in [0.4, 0.5) is 5.82 Å². The molecule has 0 amide bonds. The molecule has 0 spiro atoms. The molecule has 3 rings (SSSR count). The maximum atomic E-state index is 6.21. The van der Waals surface area contributed by atoms with E-state index >= 15 is 0 Å².